The molecule has 1 N–H and O–H groups in total. The zero-order chi connectivity index (χ0) is 12.7. The highest BCUT2D eigenvalue weighted by molar-refractivity contribution is 5.81. The van der Waals surface area contributed by atoms with Crippen molar-refractivity contribution in [2.24, 2.45) is 0 Å². The average Bonchev–Trinajstić information content (AvgIpc) is 2.60. The highest BCUT2D eigenvalue weighted by Crippen LogP contribution is 2.10. The molecule has 0 fully saturated rings. The largest absolute Gasteiger partial charge is 0.463 e. The molecule has 0 unspecified atom stereocenters. The summed E-state index contributed by atoms with van der Waals surface area (Å²) < 4.78 is 9.79. The third kappa shape index (κ3) is 4.40. The Labute approximate surface area is 101 Å². The summed E-state index contributed by atoms with van der Waals surface area (Å²) in [5.74, 6) is 0.510. The molecule has 0 aliphatic heterocycles. The van der Waals surface area contributed by atoms with Crippen LogP contribution in [0.15, 0.2) is 16.7 Å². The van der Waals surface area contributed by atoms with Gasteiger partial charge in [0.2, 0.25) is 0 Å². The molecule has 0 aliphatic carbocycles. The van der Waals surface area contributed by atoms with Crippen molar-refractivity contribution >= 4 is 5.97 Å². The average molecular weight is 238 g/mol. The fourth-order valence-corrected chi connectivity index (χ4v) is 1.38. The molecule has 5 heteroatoms. The Morgan fingerprint density at radius 2 is 2.29 bits per heavy atom. The minimum atomic E-state index is -0.313. The van der Waals surface area contributed by atoms with Gasteiger partial charge in [0.25, 0.3) is 0 Å². The number of hydrogen-bond donors (Lipinski definition) is 1. The Hall–Kier alpha value is -1.62. The molecular weight excluding hydrogens is 220 g/mol. The molecule has 5 nitrogen and oxygen atoms in total. The molecule has 1 heterocycles. The summed E-state index contributed by atoms with van der Waals surface area (Å²) >= 11 is 0. The van der Waals surface area contributed by atoms with Gasteiger partial charge in [0, 0.05) is 24.7 Å². The van der Waals surface area contributed by atoms with Crippen molar-refractivity contribution in [2.75, 3.05) is 13.2 Å². The zero-order valence-electron chi connectivity index (χ0n) is 10.4. The van der Waals surface area contributed by atoms with E-state index in [4.69, 9.17) is 9.26 Å². The number of aryl methyl sites for hydroxylation is 2. The second-order valence-electron chi connectivity index (χ2n) is 3.59. The SMILES string of the molecule is CCOC(=O)/C=C/CNCc1c(C)noc1C. The van der Waals surface area contributed by atoms with Crippen molar-refractivity contribution in [2.45, 2.75) is 27.3 Å². The monoisotopic (exact) mass is 238 g/mol. The van der Waals surface area contributed by atoms with Crippen molar-refractivity contribution in [3.05, 3.63) is 29.2 Å². The summed E-state index contributed by atoms with van der Waals surface area (Å²) in [5, 5.41) is 7.03. The van der Waals surface area contributed by atoms with Gasteiger partial charge >= 0.3 is 5.97 Å². The summed E-state index contributed by atoms with van der Waals surface area (Å²) in [4.78, 5) is 11.0. The number of ether oxygens (including phenoxy) is 1. The maximum atomic E-state index is 11.0. The summed E-state index contributed by atoms with van der Waals surface area (Å²) in [6, 6.07) is 0. The second-order valence-corrected chi connectivity index (χ2v) is 3.59. The summed E-state index contributed by atoms with van der Waals surface area (Å²) in [6.45, 7) is 7.24. The molecule has 0 amide bonds. The number of carbonyl (C=O) groups excluding carboxylic acids is 1. The quantitative estimate of drug-likeness (QED) is 0.462. The lowest BCUT2D eigenvalue weighted by Gasteiger charge is -2.00. The van der Waals surface area contributed by atoms with Crippen molar-refractivity contribution in [1.82, 2.24) is 10.5 Å². The van der Waals surface area contributed by atoms with Crippen LogP contribution in [0.4, 0.5) is 0 Å². The van der Waals surface area contributed by atoms with E-state index in [0.29, 0.717) is 19.7 Å². The first-order valence-electron chi connectivity index (χ1n) is 5.61. The predicted molar refractivity (Wildman–Crippen MR) is 63.5 cm³/mol. The highest BCUT2D eigenvalue weighted by atomic mass is 16.5. The molecule has 0 saturated carbocycles. The standard InChI is InChI=1S/C12H18N2O3/c1-4-16-12(15)6-5-7-13-8-11-9(2)14-17-10(11)3/h5-6,13H,4,7-8H2,1-3H3/b6-5+. The van der Waals surface area contributed by atoms with E-state index in [1.165, 1.54) is 6.08 Å². The molecular formula is C12H18N2O3. The van der Waals surface area contributed by atoms with E-state index in [-0.39, 0.29) is 5.97 Å². The van der Waals surface area contributed by atoms with Gasteiger partial charge in [0.15, 0.2) is 0 Å². The number of hydrogen-bond acceptors (Lipinski definition) is 5. The second kappa shape index (κ2) is 6.85. The fourth-order valence-electron chi connectivity index (χ4n) is 1.38. The minimum absolute atomic E-state index is 0.313. The van der Waals surface area contributed by atoms with Gasteiger partial charge in [-0.25, -0.2) is 4.79 Å². The van der Waals surface area contributed by atoms with Crippen LogP contribution in [0.2, 0.25) is 0 Å². The number of aromatic nitrogens is 1. The molecule has 0 aliphatic rings. The van der Waals surface area contributed by atoms with Crippen LogP contribution in [0.1, 0.15) is 23.9 Å². The van der Waals surface area contributed by atoms with Gasteiger partial charge in [-0.15, -0.1) is 0 Å². The number of nitrogens with zero attached hydrogens (tertiary/aromatic N) is 1. The summed E-state index contributed by atoms with van der Waals surface area (Å²) in [7, 11) is 0. The predicted octanol–water partition coefficient (Wildman–Crippen LogP) is 1.50. The van der Waals surface area contributed by atoms with Crippen LogP contribution in [0.3, 0.4) is 0 Å². The fraction of sp³-hybridized carbons (Fsp3) is 0.500. The van der Waals surface area contributed by atoms with E-state index in [0.717, 1.165) is 17.0 Å². The Kier molecular flexibility index (Phi) is 5.42. The van der Waals surface area contributed by atoms with Crippen LogP contribution >= 0.6 is 0 Å². The third-order valence-corrected chi connectivity index (χ3v) is 2.29. The van der Waals surface area contributed by atoms with E-state index in [1.807, 2.05) is 13.8 Å². The normalized spacial score (nSPS) is 11.0. The lowest BCUT2D eigenvalue weighted by atomic mass is 10.2. The lowest BCUT2D eigenvalue weighted by molar-refractivity contribution is -0.137. The van der Waals surface area contributed by atoms with Crippen LogP contribution in [0, 0.1) is 13.8 Å². The third-order valence-electron chi connectivity index (χ3n) is 2.29. The Morgan fingerprint density at radius 1 is 1.53 bits per heavy atom. The Morgan fingerprint density at radius 3 is 2.88 bits per heavy atom. The van der Waals surface area contributed by atoms with E-state index in [1.54, 1.807) is 13.0 Å². The van der Waals surface area contributed by atoms with E-state index >= 15 is 0 Å². The number of nitrogens with one attached hydrogen (secondary N) is 1. The van der Waals surface area contributed by atoms with Gasteiger partial charge in [-0.1, -0.05) is 11.2 Å². The van der Waals surface area contributed by atoms with Crippen LogP contribution in [0.5, 0.6) is 0 Å². The van der Waals surface area contributed by atoms with Crippen molar-refractivity contribution in [3.8, 4) is 0 Å². The smallest absolute Gasteiger partial charge is 0.330 e. The Bertz CT molecular complexity index is 377. The maximum Gasteiger partial charge on any atom is 0.330 e. The number of rotatable bonds is 6. The first-order valence-corrected chi connectivity index (χ1v) is 5.61. The molecule has 17 heavy (non-hydrogen) atoms. The van der Waals surface area contributed by atoms with Gasteiger partial charge < -0.3 is 14.6 Å². The molecule has 1 aromatic heterocycles. The topological polar surface area (TPSA) is 64.4 Å². The zero-order valence-corrected chi connectivity index (χ0v) is 10.4. The van der Waals surface area contributed by atoms with Crippen molar-refractivity contribution in [3.63, 3.8) is 0 Å². The van der Waals surface area contributed by atoms with Gasteiger partial charge in [-0.3, -0.25) is 0 Å². The van der Waals surface area contributed by atoms with Gasteiger partial charge in [0.05, 0.1) is 12.3 Å². The van der Waals surface area contributed by atoms with Crippen LogP contribution in [-0.2, 0) is 16.1 Å². The van der Waals surface area contributed by atoms with Gasteiger partial charge in [0.1, 0.15) is 5.76 Å². The Balaban J connectivity index is 2.27. The van der Waals surface area contributed by atoms with E-state index < -0.39 is 0 Å². The molecule has 94 valence electrons. The minimum Gasteiger partial charge on any atom is -0.463 e. The summed E-state index contributed by atoms with van der Waals surface area (Å²) in [5.41, 5.74) is 1.96. The van der Waals surface area contributed by atoms with Crippen LogP contribution in [0.25, 0.3) is 0 Å². The molecule has 0 bridgehead atoms. The lowest BCUT2D eigenvalue weighted by Crippen LogP contribution is -2.14. The first-order chi connectivity index (χ1) is 8.15. The van der Waals surface area contributed by atoms with E-state index in [2.05, 4.69) is 10.5 Å². The molecule has 1 rings (SSSR count). The number of esters is 1. The van der Waals surface area contributed by atoms with E-state index in [9.17, 15) is 4.79 Å². The van der Waals surface area contributed by atoms with Crippen LogP contribution in [-0.4, -0.2) is 24.3 Å². The van der Waals surface area contributed by atoms with Crippen molar-refractivity contribution < 1.29 is 14.1 Å². The van der Waals surface area contributed by atoms with Gasteiger partial charge in [-0.05, 0) is 20.8 Å². The van der Waals surface area contributed by atoms with Crippen molar-refractivity contribution in [1.29, 1.82) is 0 Å². The molecule has 0 atom stereocenters. The van der Waals surface area contributed by atoms with Gasteiger partial charge in [-0.2, -0.15) is 0 Å². The highest BCUT2D eigenvalue weighted by Gasteiger charge is 2.06. The van der Waals surface area contributed by atoms with Crippen LogP contribution < -0.4 is 5.32 Å². The molecule has 0 saturated heterocycles. The molecule has 1 aromatic rings. The molecule has 0 spiro atoms. The number of carbonyl (C=O) groups is 1. The maximum absolute atomic E-state index is 11.0. The molecule has 0 aromatic carbocycles. The first kappa shape index (κ1) is 13.4. The molecule has 0 radical (unpaired) electrons. The summed E-state index contributed by atoms with van der Waals surface area (Å²) in [6.07, 6.45) is 3.15.